The molecule has 0 fully saturated rings. The van der Waals surface area contributed by atoms with Gasteiger partial charge in [0, 0.05) is 18.7 Å². The molecule has 2 aromatic rings. The number of Topliss-reactive ketones (excluding diaryl/α,β-unsaturated/α-hetero) is 1. The Morgan fingerprint density at radius 3 is 2.52 bits per heavy atom. The Labute approximate surface area is 178 Å². The van der Waals surface area contributed by atoms with Crippen LogP contribution < -0.4 is 15.8 Å². The Morgan fingerprint density at radius 2 is 1.90 bits per heavy atom. The fourth-order valence-electron chi connectivity index (χ4n) is 3.09. The van der Waals surface area contributed by atoms with Gasteiger partial charge < -0.3 is 36.0 Å². The van der Waals surface area contributed by atoms with Gasteiger partial charge in [-0.1, -0.05) is 30.3 Å². The summed E-state index contributed by atoms with van der Waals surface area (Å²) in [6.45, 7) is 0.693. The number of ether oxygens (including phenoxy) is 1. The predicted molar refractivity (Wildman–Crippen MR) is 110 cm³/mol. The lowest BCUT2D eigenvalue weighted by Crippen LogP contribution is -2.62. The summed E-state index contributed by atoms with van der Waals surface area (Å²) in [7, 11) is -2.30. The number of hydrogen-bond donors (Lipinski definition) is 6. The molecule has 0 heterocycles. The number of rotatable bonds is 12. The molecule has 0 unspecified atom stereocenters. The first-order valence-corrected chi connectivity index (χ1v) is 9.30. The molecule has 7 N–H and O–H groups in total. The van der Waals surface area contributed by atoms with Gasteiger partial charge in [0.1, 0.15) is 16.8 Å². The van der Waals surface area contributed by atoms with Crippen molar-refractivity contribution >= 4 is 25.3 Å². The number of carbonyl (C=O) groups excluding carboxylic acids is 2. The molecule has 0 aliphatic carbocycles. The maximum absolute atomic E-state index is 13.2. The second kappa shape index (κ2) is 10.8. The Kier molecular flexibility index (Phi) is 8.42. The molecule has 31 heavy (non-hydrogen) atoms. The number of nitrogens with one attached hydrogen (secondary N) is 1. The molecule has 0 aliphatic rings. The molecule has 0 saturated carbocycles. The number of aliphatic hydroxyl groups is 1. The number of hydrogen-bond acceptors (Lipinski definition) is 9. The fourth-order valence-corrected chi connectivity index (χ4v) is 3.09. The van der Waals surface area contributed by atoms with E-state index in [2.05, 4.69) is 5.32 Å². The largest absolute Gasteiger partial charge is 0.481 e. The molecule has 0 saturated heterocycles. The summed E-state index contributed by atoms with van der Waals surface area (Å²) in [6.07, 6.45) is -0.513. The molecule has 11 heteroatoms. The first kappa shape index (κ1) is 24.2. The van der Waals surface area contributed by atoms with Crippen LogP contribution in [0, 0.1) is 0 Å². The van der Waals surface area contributed by atoms with Crippen LogP contribution in [0.25, 0.3) is 0 Å². The summed E-state index contributed by atoms with van der Waals surface area (Å²) in [6, 6.07) is 10.2. The topological polar surface area (TPSA) is 179 Å². The molecule has 0 aromatic heterocycles. The molecular weight excluding hydrogens is 407 g/mol. The highest BCUT2D eigenvalue weighted by atomic mass is 16.5. The van der Waals surface area contributed by atoms with Gasteiger partial charge in [-0.25, -0.2) is 4.79 Å². The lowest BCUT2D eigenvalue weighted by atomic mass is 9.59. The third-order valence-corrected chi connectivity index (χ3v) is 4.67. The van der Waals surface area contributed by atoms with E-state index in [0.29, 0.717) is 18.7 Å². The quantitative estimate of drug-likeness (QED) is 0.107. The smallest absolute Gasteiger partial charge is 0.478 e. The zero-order valence-electron chi connectivity index (χ0n) is 16.5. The van der Waals surface area contributed by atoms with E-state index in [1.165, 1.54) is 30.3 Å². The lowest BCUT2D eigenvalue weighted by molar-refractivity contribution is -0.120. The van der Waals surface area contributed by atoms with Gasteiger partial charge in [0.2, 0.25) is 0 Å². The minimum absolute atomic E-state index is 0.0313. The highest BCUT2D eigenvalue weighted by molar-refractivity contribution is 6.53. The van der Waals surface area contributed by atoms with E-state index in [1.807, 2.05) is 0 Å². The van der Waals surface area contributed by atoms with Crippen LogP contribution in [0.15, 0.2) is 42.5 Å². The SMILES string of the molecule is N[C@@](Cc1cccc(C(=O)O)c1OC=O)(B(O)O)C(=O)c1cccc(CNCCO)c1. The van der Waals surface area contributed by atoms with Crippen molar-refractivity contribution in [2.24, 2.45) is 5.73 Å². The summed E-state index contributed by atoms with van der Waals surface area (Å²) in [5.41, 5.74) is 4.37. The average Bonchev–Trinajstić information content (AvgIpc) is 2.74. The van der Waals surface area contributed by atoms with E-state index < -0.39 is 30.7 Å². The van der Waals surface area contributed by atoms with Crippen molar-refractivity contribution in [1.29, 1.82) is 0 Å². The first-order valence-electron chi connectivity index (χ1n) is 9.30. The summed E-state index contributed by atoms with van der Waals surface area (Å²) >= 11 is 0. The number of ketones is 1. The van der Waals surface area contributed by atoms with E-state index in [-0.39, 0.29) is 35.5 Å². The van der Waals surface area contributed by atoms with Crippen molar-refractivity contribution in [3.8, 4) is 5.75 Å². The van der Waals surface area contributed by atoms with Crippen LogP contribution in [-0.2, 0) is 17.8 Å². The standard InChI is InChI=1S/C20H23BN2O8/c22-20(21(29)30,10-15-5-2-6-16(19(27)28)17(15)31-12-25)18(26)14-4-1-3-13(9-14)11-23-7-8-24/h1-6,9,12,23-24,29-30H,7-8,10-11,22H2,(H,27,28)/t20-/m1/s1. The van der Waals surface area contributed by atoms with Crippen molar-refractivity contribution in [2.45, 2.75) is 18.4 Å². The summed E-state index contributed by atoms with van der Waals surface area (Å²) in [5.74, 6) is -2.51. The number of carboxylic acids is 1. The van der Waals surface area contributed by atoms with E-state index in [0.717, 1.165) is 0 Å². The van der Waals surface area contributed by atoms with Crippen LogP contribution in [-0.4, -0.2) is 64.2 Å². The fraction of sp³-hybridized carbons (Fsp3) is 0.250. The van der Waals surface area contributed by atoms with Gasteiger partial charge in [0.05, 0.1) is 6.61 Å². The minimum Gasteiger partial charge on any atom is -0.478 e. The van der Waals surface area contributed by atoms with E-state index in [9.17, 15) is 29.5 Å². The van der Waals surface area contributed by atoms with Crippen molar-refractivity contribution in [3.05, 3.63) is 64.7 Å². The predicted octanol–water partition coefficient (Wildman–Crippen LogP) is -0.863. The number of aliphatic hydroxyl groups excluding tert-OH is 1. The Morgan fingerprint density at radius 1 is 1.19 bits per heavy atom. The number of para-hydroxylation sites is 1. The maximum Gasteiger partial charge on any atom is 0.481 e. The van der Waals surface area contributed by atoms with Crippen molar-refractivity contribution in [2.75, 3.05) is 13.2 Å². The van der Waals surface area contributed by atoms with E-state index >= 15 is 0 Å². The number of aromatic carboxylic acids is 1. The van der Waals surface area contributed by atoms with Crippen LogP contribution in [0.4, 0.5) is 0 Å². The van der Waals surface area contributed by atoms with Crippen molar-refractivity contribution in [3.63, 3.8) is 0 Å². The normalized spacial score (nSPS) is 12.6. The maximum atomic E-state index is 13.2. The number of carbonyl (C=O) groups is 3. The number of benzene rings is 2. The highest BCUT2D eigenvalue weighted by Crippen LogP contribution is 2.29. The highest BCUT2D eigenvalue weighted by Gasteiger charge is 2.46. The monoisotopic (exact) mass is 430 g/mol. The Balaban J connectivity index is 2.42. The zero-order valence-corrected chi connectivity index (χ0v) is 16.5. The molecule has 1 atom stereocenters. The zero-order chi connectivity index (χ0) is 23.0. The van der Waals surface area contributed by atoms with Crippen LogP contribution in [0.2, 0.25) is 0 Å². The van der Waals surface area contributed by atoms with Gasteiger partial charge in [-0.2, -0.15) is 0 Å². The van der Waals surface area contributed by atoms with Crippen molar-refractivity contribution < 1.29 is 39.4 Å². The van der Waals surface area contributed by atoms with Gasteiger partial charge >= 0.3 is 13.1 Å². The molecule has 10 nitrogen and oxygen atoms in total. The van der Waals surface area contributed by atoms with E-state index in [1.54, 1.807) is 12.1 Å². The van der Waals surface area contributed by atoms with Gasteiger partial charge in [-0.3, -0.25) is 9.59 Å². The number of carboxylic acid groups (broad SMARTS) is 1. The van der Waals surface area contributed by atoms with Crippen LogP contribution in [0.3, 0.4) is 0 Å². The van der Waals surface area contributed by atoms with Crippen LogP contribution >= 0.6 is 0 Å². The van der Waals surface area contributed by atoms with Crippen LogP contribution in [0.5, 0.6) is 5.75 Å². The molecule has 2 rings (SSSR count). The summed E-state index contributed by atoms with van der Waals surface area (Å²) in [4.78, 5) is 35.5. The minimum atomic E-state index is -2.30. The Bertz CT molecular complexity index is 953. The summed E-state index contributed by atoms with van der Waals surface area (Å²) in [5, 5.41) is 41.0. The molecule has 0 aliphatic heterocycles. The molecular formula is C20H23BN2O8. The van der Waals surface area contributed by atoms with Crippen molar-refractivity contribution in [1.82, 2.24) is 5.32 Å². The van der Waals surface area contributed by atoms with E-state index in [4.69, 9.17) is 15.6 Å². The second-order valence-electron chi connectivity index (χ2n) is 6.83. The molecule has 0 amide bonds. The van der Waals surface area contributed by atoms with Crippen LogP contribution in [0.1, 0.15) is 31.8 Å². The van der Waals surface area contributed by atoms with Gasteiger partial charge in [-0.05, 0) is 29.7 Å². The molecule has 2 aromatic carbocycles. The molecule has 0 spiro atoms. The Hall–Kier alpha value is -3.09. The molecule has 164 valence electrons. The third-order valence-electron chi connectivity index (χ3n) is 4.67. The van der Waals surface area contributed by atoms with Gasteiger partial charge in [0.15, 0.2) is 5.78 Å². The first-order chi connectivity index (χ1) is 14.7. The lowest BCUT2D eigenvalue weighted by Gasteiger charge is -2.28. The van der Waals surface area contributed by atoms with Gasteiger partial charge in [0.25, 0.3) is 6.47 Å². The van der Waals surface area contributed by atoms with Gasteiger partial charge in [-0.15, -0.1) is 0 Å². The third kappa shape index (κ3) is 5.75. The number of nitrogens with two attached hydrogens (primary N) is 1. The second-order valence-corrected chi connectivity index (χ2v) is 6.83. The summed E-state index contributed by atoms with van der Waals surface area (Å²) < 4.78 is 4.79. The average molecular weight is 430 g/mol. The molecule has 0 radical (unpaired) electrons. The molecule has 0 bridgehead atoms.